The zero-order valence-corrected chi connectivity index (χ0v) is 9.93. The Kier molecular flexibility index (Phi) is 4.90. The molecule has 1 unspecified atom stereocenters. The zero-order valence-electron chi connectivity index (χ0n) is 9.17. The molecule has 0 aliphatic heterocycles. The van der Waals surface area contributed by atoms with Crippen molar-refractivity contribution in [1.82, 2.24) is 0 Å². The Hall–Kier alpha value is -0.930. The predicted octanol–water partition coefficient (Wildman–Crippen LogP) is 2.58. The third-order valence-corrected chi connectivity index (χ3v) is 3.05. The summed E-state index contributed by atoms with van der Waals surface area (Å²) in [6, 6.07) is 4.48. The van der Waals surface area contributed by atoms with Crippen molar-refractivity contribution in [1.29, 1.82) is 0 Å². The third-order valence-electron chi connectivity index (χ3n) is 2.63. The number of ketones is 1. The molecule has 88 valence electrons. The van der Waals surface area contributed by atoms with Gasteiger partial charge in [-0.05, 0) is 18.1 Å². The van der Waals surface area contributed by atoms with Gasteiger partial charge in [-0.2, -0.15) is 0 Å². The summed E-state index contributed by atoms with van der Waals surface area (Å²) in [5.74, 6) is -0.649. The van der Waals surface area contributed by atoms with Gasteiger partial charge < -0.3 is 5.73 Å². The van der Waals surface area contributed by atoms with Crippen molar-refractivity contribution in [3.05, 3.63) is 34.6 Å². The number of hydrogen-bond donors (Lipinski definition) is 1. The van der Waals surface area contributed by atoms with Gasteiger partial charge in [-0.15, -0.1) is 0 Å². The molecule has 1 atom stereocenters. The number of carbonyl (C=O) groups is 1. The van der Waals surface area contributed by atoms with E-state index in [1.807, 2.05) is 6.92 Å². The molecule has 0 bridgehead atoms. The Labute approximate surface area is 99.6 Å². The lowest BCUT2D eigenvalue weighted by Gasteiger charge is -2.11. The van der Waals surface area contributed by atoms with Crippen LogP contribution in [0.5, 0.6) is 0 Å². The molecule has 0 saturated carbocycles. The topological polar surface area (TPSA) is 43.1 Å². The quantitative estimate of drug-likeness (QED) is 0.864. The molecule has 2 nitrogen and oxygen atoms in total. The molecule has 0 aromatic heterocycles. The summed E-state index contributed by atoms with van der Waals surface area (Å²) < 4.78 is 13.1. The van der Waals surface area contributed by atoms with Crippen LogP contribution in [0.1, 0.15) is 18.9 Å². The minimum Gasteiger partial charge on any atom is -0.330 e. The van der Waals surface area contributed by atoms with Crippen LogP contribution in [-0.2, 0) is 11.2 Å². The first-order valence-corrected chi connectivity index (χ1v) is 5.63. The number of Topliss-reactive ketones (excluding diaryl/α,β-unsaturated/α-hetero) is 1. The van der Waals surface area contributed by atoms with Gasteiger partial charge in [-0.1, -0.05) is 30.7 Å². The fourth-order valence-electron chi connectivity index (χ4n) is 1.54. The smallest absolute Gasteiger partial charge is 0.142 e. The Morgan fingerprint density at radius 2 is 2.25 bits per heavy atom. The summed E-state index contributed by atoms with van der Waals surface area (Å²) >= 11 is 5.77. The van der Waals surface area contributed by atoms with Crippen molar-refractivity contribution < 1.29 is 9.18 Å². The molecule has 2 N–H and O–H groups in total. The van der Waals surface area contributed by atoms with E-state index in [2.05, 4.69) is 0 Å². The largest absolute Gasteiger partial charge is 0.330 e. The lowest BCUT2D eigenvalue weighted by atomic mass is 9.96. The first kappa shape index (κ1) is 13.1. The van der Waals surface area contributed by atoms with E-state index in [1.54, 1.807) is 12.1 Å². The number of carbonyl (C=O) groups excluding carboxylic acids is 1. The van der Waals surface area contributed by atoms with Crippen LogP contribution in [0.4, 0.5) is 4.39 Å². The number of rotatable bonds is 5. The van der Waals surface area contributed by atoms with Crippen molar-refractivity contribution in [2.24, 2.45) is 11.7 Å². The molecule has 16 heavy (non-hydrogen) atoms. The molecule has 4 heteroatoms. The van der Waals surface area contributed by atoms with Gasteiger partial charge >= 0.3 is 0 Å². The van der Waals surface area contributed by atoms with Crippen molar-refractivity contribution in [3.63, 3.8) is 0 Å². The van der Waals surface area contributed by atoms with Crippen molar-refractivity contribution in [2.75, 3.05) is 6.54 Å². The Morgan fingerprint density at radius 3 is 2.81 bits per heavy atom. The van der Waals surface area contributed by atoms with E-state index in [1.165, 1.54) is 6.07 Å². The van der Waals surface area contributed by atoms with Crippen LogP contribution in [0.15, 0.2) is 18.2 Å². The highest BCUT2D eigenvalue weighted by Crippen LogP contribution is 2.21. The molecule has 0 aliphatic rings. The van der Waals surface area contributed by atoms with E-state index in [0.29, 0.717) is 18.5 Å². The second kappa shape index (κ2) is 5.97. The maximum Gasteiger partial charge on any atom is 0.142 e. The molecule has 0 fully saturated rings. The predicted molar refractivity (Wildman–Crippen MR) is 63.0 cm³/mol. The maximum absolute atomic E-state index is 13.1. The highest BCUT2D eigenvalue weighted by Gasteiger charge is 2.17. The number of hydrogen-bond acceptors (Lipinski definition) is 2. The van der Waals surface area contributed by atoms with Crippen molar-refractivity contribution in [3.8, 4) is 0 Å². The van der Waals surface area contributed by atoms with E-state index in [-0.39, 0.29) is 23.1 Å². The lowest BCUT2D eigenvalue weighted by molar-refractivity contribution is -0.122. The van der Waals surface area contributed by atoms with E-state index >= 15 is 0 Å². The highest BCUT2D eigenvalue weighted by molar-refractivity contribution is 6.31. The Balaban J connectivity index is 2.80. The minimum atomic E-state index is -0.493. The molecular weight excluding hydrogens is 229 g/mol. The van der Waals surface area contributed by atoms with Gasteiger partial charge in [-0.25, -0.2) is 4.39 Å². The number of benzene rings is 1. The van der Waals surface area contributed by atoms with Crippen molar-refractivity contribution >= 4 is 17.4 Å². The van der Waals surface area contributed by atoms with Gasteiger partial charge in [0.05, 0.1) is 5.02 Å². The van der Waals surface area contributed by atoms with Crippen LogP contribution in [0.25, 0.3) is 0 Å². The van der Waals surface area contributed by atoms with E-state index in [4.69, 9.17) is 17.3 Å². The molecular formula is C12H15ClFNO. The summed E-state index contributed by atoms with van der Waals surface area (Å²) in [4.78, 5) is 11.8. The van der Waals surface area contributed by atoms with Crippen LogP contribution < -0.4 is 5.73 Å². The first-order valence-electron chi connectivity index (χ1n) is 5.25. The molecule has 0 spiro atoms. The van der Waals surface area contributed by atoms with Crippen molar-refractivity contribution in [2.45, 2.75) is 19.8 Å². The van der Waals surface area contributed by atoms with Crippen LogP contribution in [0.3, 0.4) is 0 Å². The second-order valence-electron chi connectivity index (χ2n) is 3.70. The van der Waals surface area contributed by atoms with Gasteiger partial charge in [0.15, 0.2) is 0 Å². The zero-order chi connectivity index (χ0) is 12.1. The molecule has 0 radical (unpaired) electrons. The maximum atomic E-state index is 13.1. The molecule has 1 rings (SSSR count). The van der Waals surface area contributed by atoms with Crippen LogP contribution in [0, 0.1) is 11.7 Å². The fourth-order valence-corrected chi connectivity index (χ4v) is 1.74. The molecule has 0 heterocycles. The minimum absolute atomic E-state index is 0.0116. The normalized spacial score (nSPS) is 12.5. The monoisotopic (exact) mass is 243 g/mol. The summed E-state index contributed by atoms with van der Waals surface area (Å²) in [5.41, 5.74) is 6.00. The fraction of sp³-hybridized carbons (Fsp3) is 0.417. The van der Waals surface area contributed by atoms with Gasteiger partial charge in [0.1, 0.15) is 11.6 Å². The molecule has 1 aromatic carbocycles. The Morgan fingerprint density at radius 1 is 1.56 bits per heavy atom. The summed E-state index contributed by atoms with van der Waals surface area (Å²) in [7, 11) is 0. The van der Waals surface area contributed by atoms with Crippen LogP contribution >= 0.6 is 11.6 Å². The molecule has 0 aliphatic carbocycles. The lowest BCUT2D eigenvalue weighted by Crippen LogP contribution is -2.24. The SMILES string of the molecule is CCC(CN)C(=O)Cc1cccc(F)c1Cl. The summed E-state index contributed by atoms with van der Waals surface area (Å²) in [6.45, 7) is 2.23. The summed E-state index contributed by atoms with van der Waals surface area (Å²) in [5, 5.41) is 0.0303. The number of nitrogens with two attached hydrogens (primary N) is 1. The second-order valence-corrected chi connectivity index (χ2v) is 4.07. The van der Waals surface area contributed by atoms with Gasteiger partial charge in [0.25, 0.3) is 0 Å². The number of halogens is 2. The van der Waals surface area contributed by atoms with Crippen LogP contribution in [-0.4, -0.2) is 12.3 Å². The van der Waals surface area contributed by atoms with E-state index < -0.39 is 5.82 Å². The Bertz CT molecular complexity index is 377. The van der Waals surface area contributed by atoms with Gasteiger partial charge in [-0.3, -0.25) is 4.79 Å². The average Bonchev–Trinajstić information content (AvgIpc) is 2.26. The van der Waals surface area contributed by atoms with E-state index in [0.717, 1.165) is 0 Å². The first-order chi connectivity index (χ1) is 7.60. The standard InChI is InChI=1S/C12H15ClFNO/c1-2-8(7-15)11(16)6-9-4-3-5-10(14)12(9)13/h3-5,8H,2,6-7,15H2,1H3. The molecule has 0 amide bonds. The highest BCUT2D eigenvalue weighted by atomic mass is 35.5. The molecule has 1 aromatic rings. The van der Waals surface area contributed by atoms with Gasteiger partial charge in [0, 0.05) is 18.9 Å². The molecule has 0 saturated heterocycles. The average molecular weight is 244 g/mol. The third kappa shape index (κ3) is 3.03. The van der Waals surface area contributed by atoms with Gasteiger partial charge in [0.2, 0.25) is 0 Å². The van der Waals surface area contributed by atoms with E-state index in [9.17, 15) is 9.18 Å². The summed E-state index contributed by atoms with van der Waals surface area (Å²) in [6.07, 6.45) is 0.842. The van der Waals surface area contributed by atoms with Crippen LogP contribution in [0.2, 0.25) is 5.02 Å².